The van der Waals surface area contributed by atoms with Crippen LogP contribution in [0.25, 0.3) is 0 Å². The number of amides is 9. The SMILES string of the molecule is CSCC[C@H](NC(=O)[C@@H]1CCCN1C(=O)[C@@H]1CCCN1C(=O)[C@H](CCC(=O)O)NC(=O)[C@H](CO)NC(=O)[C@H](CO)NC(=O)[C@@H](N)CC(N)=O)C(=O)N[C@@H](C)C(=O)NCC(=O)O. The molecular formula is C35H56N10O15S. The molecule has 342 valence electrons. The van der Waals surface area contributed by atoms with E-state index >= 15 is 0 Å². The van der Waals surface area contributed by atoms with Crippen molar-refractivity contribution in [2.75, 3.05) is 44.9 Å². The van der Waals surface area contributed by atoms with Gasteiger partial charge in [0.15, 0.2) is 0 Å². The van der Waals surface area contributed by atoms with E-state index in [9.17, 15) is 68.1 Å². The number of primary amides is 1. The number of rotatable bonds is 25. The summed E-state index contributed by atoms with van der Waals surface area (Å²) >= 11 is 1.38. The molecule has 2 rings (SSSR count). The minimum Gasteiger partial charge on any atom is -0.481 e. The molecule has 9 amide bonds. The van der Waals surface area contributed by atoms with Gasteiger partial charge in [0.1, 0.15) is 48.8 Å². The molecule has 0 bridgehead atoms. The maximum absolute atomic E-state index is 14.1. The molecular weight excluding hydrogens is 833 g/mol. The zero-order valence-corrected chi connectivity index (χ0v) is 34.6. The predicted octanol–water partition coefficient (Wildman–Crippen LogP) is -6.58. The van der Waals surface area contributed by atoms with Gasteiger partial charge in [-0.15, -0.1) is 0 Å². The van der Waals surface area contributed by atoms with Crippen LogP contribution in [0.1, 0.15) is 58.3 Å². The number of likely N-dealkylation sites (tertiary alicyclic amines) is 2. The minimum absolute atomic E-state index is 0.00444. The highest BCUT2D eigenvalue weighted by Gasteiger charge is 2.44. The Morgan fingerprint density at radius 2 is 1.23 bits per heavy atom. The summed E-state index contributed by atoms with van der Waals surface area (Å²) in [7, 11) is 0. The van der Waals surface area contributed by atoms with Gasteiger partial charge in [-0.1, -0.05) is 0 Å². The molecule has 26 heteroatoms. The topological polar surface area (TPSA) is 399 Å². The number of nitrogens with two attached hydrogens (primary N) is 2. The summed E-state index contributed by atoms with van der Waals surface area (Å²) in [4.78, 5) is 142. The third-order valence-corrected chi connectivity index (χ3v) is 10.4. The van der Waals surface area contributed by atoms with Crippen LogP contribution in [0.2, 0.25) is 0 Å². The van der Waals surface area contributed by atoms with Gasteiger partial charge in [0.2, 0.25) is 53.2 Å². The van der Waals surface area contributed by atoms with E-state index in [-0.39, 0.29) is 32.4 Å². The van der Waals surface area contributed by atoms with E-state index in [0.29, 0.717) is 18.6 Å². The summed E-state index contributed by atoms with van der Waals surface area (Å²) in [6.07, 6.45) is 1.27. The first-order valence-electron chi connectivity index (χ1n) is 19.3. The molecule has 0 unspecified atom stereocenters. The molecule has 8 atom stereocenters. The predicted molar refractivity (Wildman–Crippen MR) is 211 cm³/mol. The van der Waals surface area contributed by atoms with Crippen LogP contribution < -0.4 is 43.4 Å². The van der Waals surface area contributed by atoms with Gasteiger partial charge in [-0.05, 0) is 57.5 Å². The zero-order valence-electron chi connectivity index (χ0n) is 33.8. The van der Waals surface area contributed by atoms with Crippen molar-refractivity contribution in [3.8, 4) is 0 Å². The van der Waals surface area contributed by atoms with Gasteiger partial charge in [-0.3, -0.25) is 52.7 Å². The number of hydrogen-bond acceptors (Lipinski definition) is 15. The van der Waals surface area contributed by atoms with Gasteiger partial charge in [-0.25, -0.2) is 0 Å². The quantitative estimate of drug-likeness (QED) is 0.0405. The Hall–Kier alpha value is -5.60. The zero-order chi connectivity index (χ0) is 46.0. The molecule has 0 saturated carbocycles. The highest BCUT2D eigenvalue weighted by Crippen LogP contribution is 2.26. The summed E-state index contributed by atoms with van der Waals surface area (Å²) in [6, 6.07) is -11.1. The fourth-order valence-corrected chi connectivity index (χ4v) is 6.97. The molecule has 2 aliphatic heterocycles. The Morgan fingerprint density at radius 1 is 0.689 bits per heavy atom. The van der Waals surface area contributed by atoms with E-state index in [1.807, 2.05) is 0 Å². The number of hydrogen-bond donors (Lipinski definition) is 12. The lowest BCUT2D eigenvalue weighted by molar-refractivity contribution is -0.148. The van der Waals surface area contributed by atoms with Crippen molar-refractivity contribution >= 4 is 76.9 Å². The molecule has 61 heavy (non-hydrogen) atoms. The molecule has 2 fully saturated rings. The first-order chi connectivity index (χ1) is 28.7. The number of carbonyl (C=O) groups is 11. The van der Waals surface area contributed by atoms with Crippen molar-refractivity contribution < 1.29 is 73.2 Å². The minimum atomic E-state index is -1.79. The van der Waals surface area contributed by atoms with Gasteiger partial charge < -0.3 is 73.6 Å². The van der Waals surface area contributed by atoms with Crippen LogP contribution in [0.5, 0.6) is 0 Å². The van der Waals surface area contributed by atoms with Gasteiger partial charge in [0, 0.05) is 19.5 Å². The lowest BCUT2D eigenvalue weighted by Crippen LogP contribution is -2.60. The monoisotopic (exact) mass is 888 g/mol. The van der Waals surface area contributed by atoms with Crippen molar-refractivity contribution in [3.63, 3.8) is 0 Å². The van der Waals surface area contributed by atoms with E-state index in [1.54, 1.807) is 6.26 Å². The van der Waals surface area contributed by atoms with E-state index in [0.717, 1.165) is 4.90 Å². The molecule has 0 aromatic carbocycles. The lowest BCUT2D eigenvalue weighted by Gasteiger charge is -2.33. The highest BCUT2D eigenvalue weighted by atomic mass is 32.2. The van der Waals surface area contributed by atoms with E-state index in [1.165, 1.54) is 23.6 Å². The fraction of sp³-hybridized carbons (Fsp3) is 0.686. The fourth-order valence-electron chi connectivity index (χ4n) is 6.50. The Morgan fingerprint density at radius 3 is 1.77 bits per heavy atom. The molecule has 0 spiro atoms. The number of aliphatic hydroxyl groups is 2. The van der Waals surface area contributed by atoms with Gasteiger partial charge in [-0.2, -0.15) is 11.8 Å². The van der Waals surface area contributed by atoms with Gasteiger partial charge >= 0.3 is 11.9 Å². The first kappa shape index (κ1) is 51.5. The molecule has 0 aliphatic carbocycles. The van der Waals surface area contributed by atoms with Gasteiger partial charge in [0.05, 0.1) is 25.7 Å². The number of carboxylic acids is 2. The van der Waals surface area contributed by atoms with E-state index in [2.05, 4.69) is 31.9 Å². The number of nitrogens with one attached hydrogen (secondary N) is 6. The molecule has 0 aromatic rings. The molecule has 2 heterocycles. The van der Waals surface area contributed by atoms with Crippen LogP contribution in [0, 0.1) is 0 Å². The molecule has 2 aliphatic rings. The largest absolute Gasteiger partial charge is 0.481 e. The van der Waals surface area contributed by atoms with Crippen molar-refractivity contribution in [3.05, 3.63) is 0 Å². The summed E-state index contributed by atoms with van der Waals surface area (Å²) in [6.45, 7) is -1.28. The summed E-state index contributed by atoms with van der Waals surface area (Å²) < 4.78 is 0. The van der Waals surface area contributed by atoms with Crippen LogP contribution in [0.15, 0.2) is 0 Å². The number of thioether (sulfide) groups is 1. The van der Waals surface area contributed by atoms with Crippen molar-refractivity contribution in [2.24, 2.45) is 11.5 Å². The maximum Gasteiger partial charge on any atom is 0.322 e. The number of carbonyl (C=O) groups excluding carboxylic acids is 9. The van der Waals surface area contributed by atoms with Crippen LogP contribution in [0.3, 0.4) is 0 Å². The Bertz CT molecular complexity index is 1650. The Labute approximate surface area is 354 Å². The molecule has 0 aromatic heterocycles. The van der Waals surface area contributed by atoms with Crippen LogP contribution >= 0.6 is 11.8 Å². The number of aliphatic carboxylic acids is 2. The van der Waals surface area contributed by atoms with E-state index < -0.39 is 152 Å². The van der Waals surface area contributed by atoms with Crippen molar-refractivity contribution in [1.82, 2.24) is 41.7 Å². The molecule has 14 N–H and O–H groups in total. The third-order valence-electron chi connectivity index (χ3n) is 9.72. The number of nitrogens with zero attached hydrogens (tertiary/aromatic N) is 2. The Kier molecular flexibility index (Phi) is 21.3. The van der Waals surface area contributed by atoms with Crippen LogP contribution in [0.4, 0.5) is 0 Å². The Balaban J connectivity index is 2.21. The van der Waals surface area contributed by atoms with Crippen LogP contribution in [-0.2, 0) is 52.7 Å². The second-order valence-corrected chi connectivity index (χ2v) is 15.3. The van der Waals surface area contributed by atoms with Crippen molar-refractivity contribution in [2.45, 2.75) is 107 Å². The van der Waals surface area contributed by atoms with Gasteiger partial charge in [0.25, 0.3) is 0 Å². The number of aliphatic hydroxyl groups excluding tert-OH is 2. The summed E-state index contributed by atoms with van der Waals surface area (Å²) in [5.74, 6) is -10.1. The number of carboxylic acid groups (broad SMARTS) is 2. The molecule has 2 saturated heterocycles. The summed E-state index contributed by atoms with van der Waals surface area (Å²) in [5, 5.41) is 51.6. The average Bonchev–Trinajstić information content (AvgIpc) is 3.91. The summed E-state index contributed by atoms with van der Waals surface area (Å²) in [5.41, 5.74) is 10.6. The smallest absolute Gasteiger partial charge is 0.322 e. The lowest BCUT2D eigenvalue weighted by atomic mass is 10.1. The average molecular weight is 889 g/mol. The normalized spacial score (nSPS) is 18.9. The third kappa shape index (κ3) is 16.1. The molecule has 25 nitrogen and oxygen atoms in total. The molecule has 0 radical (unpaired) electrons. The van der Waals surface area contributed by atoms with Crippen molar-refractivity contribution in [1.29, 1.82) is 0 Å². The first-order valence-corrected chi connectivity index (χ1v) is 20.7. The second-order valence-electron chi connectivity index (χ2n) is 14.3. The van der Waals surface area contributed by atoms with Crippen LogP contribution in [-0.4, -0.2) is 189 Å². The maximum atomic E-state index is 14.1. The van der Waals surface area contributed by atoms with E-state index in [4.69, 9.17) is 16.6 Å². The highest BCUT2D eigenvalue weighted by molar-refractivity contribution is 7.98. The standard InChI is InChI=1S/C35H56N10O15S/c1-17(28(53)38-14-27(51)52)39-30(55)19(9-12-61-2)40-33(58)23-5-3-10-44(23)35(60)24-6-4-11-45(24)34(59)20(7-8-26(49)50)41-31(56)22(16-47)43-32(57)21(15-46)42-29(54)18(36)13-25(37)48/h17-24,46-47H,3-16,36H2,1-2H3,(H2,37,48)(H,38,53)(H,39,55)(H,40,58)(H,41,56)(H,42,54)(H,43,57)(H,49,50)(H,51,52)/t17-,18-,19-,20-,21-,22-,23-,24-/m0/s1. The second kappa shape index (κ2) is 25.2.